The van der Waals surface area contributed by atoms with Crippen LogP contribution in [-0.2, 0) is 17.8 Å². The molecule has 0 aliphatic carbocycles. The highest BCUT2D eigenvalue weighted by molar-refractivity contribution is 5.81. The molecule has 0 radical (unpaired) electrons. The highest BCUT2D eigenvalue weighted by atomic mass is 16.5. The molecule has 2 aromatic carbocycles. The number of aromatic nitrogens is 2. The molecule has 0 bridgehead atoms. The van der Waals surface area contributed by atoms with E-state index in [1.807, 2.05) is 45.0 Å². The van der Waals surface area contributed by atoms with E-state index in [2.05, 4.69) is 41.9 Å². The molecule has 0 atom stereocenters. The first-order chi connectivity index (χ1) is 13.8. The molecule has 0 saturated heterocycles. The second kappa shape index (κ2) is 8.68. The molecule has 5 heteroatoms. The highest BCUT2D eigenvalue weighted by Crippen LogP contribution is 2.23. The summed E-state index contributed by atoms with van der Waals surface area (Å²) in [5.41, 5.74) is 3.96. The van der Waals surface area contributed by atoms with Gasteiger partial charge in [-0.15, -0.1) is 0 Å². The van der Waals surface area contributed by atoms with E-state index in [1.54, 1.807) is 0 Å². The second-order valence-electron chi connectivity index (χ2n) is 8.49. The van der Waals surface area contributed by atoms with Gasteiger partial charge in [0.05, 0.1) is 17.6 Å². The molecule has 3 rings (SSSR count). The molecule has 3 aromatic rings. The topological polar surface area (TPSA) is 56.1 Å². The Labute approximate surface area is 173 Å². The lowest BCUT2D eigenvalue weighted by atomic mass is 9.96. The van der Waals surface area contributed by atoms with Crippen LogP contribution in [0.4, 0.5) is 0 Å². The minimum Gasteiger partial charge on any atom is -0.491 e. The van der Waals surface area contributed by atoms with Crippen LogP contribution < -0.4 is 10.1 Å². The first-order valence-corrected chi connectivity index (χ1v) is 10.2. The van der Waals surface area contributed by atoms with E-state index in [-0.39, 0.29) is 11.3 Å². The van der Waals surface area contributed by atoms with Gasteiger partial charge in [-0.2, -0.15) is 0 Å². The van der Waals surface area contributed by atoms with Crippen molar-refractivity contribution in [2.24, 2.45) is 5.41 Å². The maximum atomic E-state index is 12.1. The van der Waals surface area contributed by atoms with E-state index >= 15 is 0 Å². The summed E-state index contributed by atoms with van der Waals surface area (Å²) in [6.45, 7) is 11.7. The van der Waals surface area contributed by atoms with Crippen LogP contribution in [0.5, 0.6) is 5.75 Å². The van der Waals surface area contributed by atoms with Crippen LogP contribution in [-0.4, -0.2) is 28.6 Å². The molecule has 1 heterocycles. The number of nitrogens with zero attached hydrogens (tertiary/aromatic N) is 2. The number of aryl methyl sites for hydroxylation is 2. The third-order valence-corrected chi connectivity index (χ3v) is 5.02. The fourth-order valence-corrected chi connectivity index (χ4v) is 3.38. The third-order valence-electron chi connectivity index (χ3n) is 5.02. The maximum Gasteiger partial charge on any atom is 0.225 e. The number of hydrogen-bond acceptors (Lipinski definition) is 3. The van der Waals surface area contributed by atoms with Gasteiger partial charge in [-0.25, -0.2) is 4.98 Å². The Morgan fingerprint density at radius 2 is 1.76 bits per heavy atom. The smallest absolute Gasteiger partial charge is 0.225 e. The number of carbonyl (C=O) groups is 1. The molecule has 1 aromatic heterocycles. The molecule has 1 amide bonds. The lowest BCUT2D eigenvalue weighted by molar-refractivity contribution is -0.128. The summed E-state index contributed by atoms with van der Waals surface area (Å²) >= 11 is 0. The monoisotopic (exact) mass is 393 g/mol. The predicted octanol–water partition coefficient (Wildman–Crippen LogP) is 4.44. The van der Waals surface area contributed by atoms with Crippen LogP contribution in [0.1, 0.15) is 37.7 Å². The van der Waals surface area contributed by atoms with Gasteiger partial charge >= 0.3 is 0 Å². The van der Waals surface area contributed by atoms with E-state index in [0.717, 1.165) is 33.7 Å². The minimum atomic E-state index is -0.390. The number of para-hydroxylation sites is 3. The number of amides is 1. The van der Waals surface area contributed by atoms with E-state index in [9.17, 15) is 4.79 Å². The number of ether oxygens (including phenoxy) is 1. The number of hydrogen-bond donors (Lipinski definition) is 1. The Hall–Kier alpha value is -2.82. The van der Waals surface area contributed by atoms with Crippen molar-refractivity contribution in [2.75, 3.05) is 13.2 Å². The van der Waals surface area contributed by atoms with Crippen LogP contribution in [0, 0.1) is 19.3 Å². The van der Waals surface area contributed by atoms with Crippen molar-refractivity contribution >= 4 is 16.9 Å². The van der Waals surface area contributed by atoms with Gasteiger partial charge in [0, 0.05) is 18.4 Å². The van der Waals surface area contributed by atoms with Crippen molar-refractivity contribution in [3.05, 3.63) is 59.4 Å². The van der Waals surface area contributed by atoms with E-state index < -0.39 is 0 Å². The van der Waals surface area contributed by atoms with Gasteiger partial charge in [0.15, 0.2) is 0 Å². The Balaban J connectivity index is 1.72. The molecule has 154 valence electrons. The quantitative estimate of drug-likeness (QED) is 0.646. The summed E-state index contributed by atoms with van der Waals surface area (Å²) in [5, 5.41) is 3.02. The SMILES string of the molecule is Cc1cccc(C)c1OCCn1c(CCNC(=O)C(C)(C)C)nc2ccccc21. The van der Waals surface area contributed by atoms with Gasteiger partial charge in [-0.05, 0) is 37.1 Å². The van der Waals surface area contributed by atoms with Crippen LogP contribution in [0.2, 0.25) is 0 Å². The van der Waals surface area contributed by atoms with Crippen molar-refractivity contribution in [3.63, 3.8) is 0 Å². The zero-order valence-corrected chi connectivity index (χ0v) is 18.1. The summed E-state index contributed by atoms with van der Waals surface area (Å²) < 4.78 is 8.31. The molecule has 0 aliphatic heterocycles. The van der Waals surface area contributed by atoms with E-state index in [1.165, 1.54) is 0 Å². The van der Waals surface area contributed by atoms with Crippen molar-refractivity contribution in [2.45, 2.75) is 47.6 Å². The lowest BCUT2D eigenvalue weighted by Gasteiger charge is -2.18. The molecule has 0 saturated carbocycles. The summed E-state index contributed by atoms with van der Waals surface area (Å²) in [6, 6.07) is 14.3. The number of rotatable bonds is 7. The fourth-order valence-electron chi connectivity index (χ4n) is 3.38. The van der Waals surface area contributed by atoms with Crippen molar-refractivity contribution in [3.8, 4) is 5.75 Å². The number of nitrogens with one attached hydrogen (secondary N) is 1. The number of imidazole rings is 1. The average Bonchev–Trinajstić information content (AvgIpc) is 3.01. The summed E-state index contributed by atoms with van der Waals surface area (Å²) in [4.78, 5) is 16.9. The zero-order valence-electron chi connectivity index (χ0n) is 18.1. The highest BCUT2D eigenvalue weighted by Gasteiger charge is 2.20. The van der Waals surface area contributed by atoms with Crippen molar-refractivity contribution in [1.82, 2.24) is 14.9 Å². The number of carbonyl (C=O) groups excluding carboxylic acids is 1. The van der Waals surface area contributed by atoms with Gasteiger partial charge in [0.2, 0.25) is 5.91 Å². The lowest BCUT2D eigenvalue weighted by Crippen LogP contribution is -2.36. The van der Waals surface area contributed by atoms with Gasteiger partial charge < -0.3 is 14.6 Å². The van der Waals surface area contributed by atoms with Crippen LogP contribution in [0.15, 0.2) is 42.5 Å². The van der Waals surface area contributed by atoms with Gasteiger partial charge in [0.1, 0.15) is 18.2 Å². The fraction of sp³-hybridized carbons (Fsp3) is 0.417. The first kappa shape index (κ1) is 20.9. The van der Waals surface area contributed by atoms with E-state index in [4.69, 9.17) is 9.72 Å². The molecule has 0 aliphatic rings. The Kier molecular flexibility index (Phi) is 6.26. The number of fused-ring (bicyclic) bond motifs is 1. The molecule has 0 unspecified atom stereocenters. The molecule has 0 spiro atoms. The average molecular weight is 394 g/mol. The Morgan fingerprint density at radius 1 is 1.07 bits per heavy atom. The van der Waals surface area contributed by atoms with Crippen molar-refractivity contribution in [1.29, 1.82) is 0 Å². The zero-order chi connectivity index (χ0) is 21.0. The van der Waals surface area contributed by atoms with E-state index in [0.29, 0.717) is 26.1 Å². The normalized spacial score (nSPS) is 11.6. The third kappa shape index (κ3) is 4.97. The Morgan fingerprint density at radius 3 is 2.45 bits per heavy atom. The molecular formula is C24H31N3O2. The summed E-state index contributed by atoms with van der Waals surface area (Å²) in [7, 11) is 0. The summed E-state index contributed by atoms with van der Waals surface area (Å²) in [5.74, 6) is 1.97. The summed E-state index contributed by atoms with van der Waals surface area (Å²) in [6.07, 6.45) is 0.680. The van der Waals surface area contributed by atoms with Crippen LogP contribution in [0.3, 0.4) is 0 Å². The van der Waals surface area contributed by atoms with Crippen molar-refractivity contribution < 1.29 is 9.53 Å². The van der Waals surface area contributed by atoms with Gasteiger partial charge in [0.25, 0.3) is 0 Å². The molecule has 0 fully saturated rings. The first-order valence-electron chi connectivity index (χ1n) is 10.2. The standard InChI is InChI=1S/C24H31N3O2/c1-17-9-8-10-18(2)22(17)29-16-15-27-20-12-7-6-11-19(20)26-21(27)13-14-25-23(28)24(3,4)5/h6-12H,13-16H2,1-5H3,(H,25,28). The largest absolute Gasteiger partial charge is 0.491 e. The van der Waals surface area contributed by atoms with Gasteiger partial charge in [-0.1, -0.05) is 51.1 Å². The molecule has 5 nitrogen and oxygen atoms in total. The molecule has 29 heavy (non-hydrogen) atoms. The van der Waals surface area contributed by atoms with Gasteiger partial charge in [-0.3, -0.25) is 4.79 Å². The minimum absolute atomic E-state index is 0.0542. The second-order valence-corrected chi connectivity index (χ2v) is 8.49. The predicted molar refractivity (Wildman–Crippen MR) is 117 cm³/mol. The van der Waals surface area contributed by atoms with Crippen LogP contribution in [0.25, 0.3) is 11.0 Å². The molecular weight excluding hydrogens is 362 g/mol. The molecule has 1 N–H and O–H groups in total. The van der Waals surface area contributed by atoms with Crippen LogP contribution >= 0.6 is 0 Å². The number of benzene rings is 2. The Bertz CT molecular complexity index is 979. The maximum absolute atomic E-state index is 12.1.